The molecule has 1 fully saturated rings. The molecule has 1 aliphatic heterocycles. The van der Waals surface area contributed by atoms with Crippen LogP contribution < -0.4 is 0 Å². The second-order valence-corrected chi connectivity index (χ2v) is 5.22. The Bertz CT molecular complexity index is 224. The molecule has 0 spiro atoms. The van der Waals surface area contributed by atoms with Gasteiger partial charge in [-0.25, -0.2) is 0 Å². The molecule has 4 atom stereocenters. The van der Waals surface area contributed by atoms with Crippen molar-refractivity contribution in [2.45, 2.75) is 76.5 Å². The van der Waals surface area contributed by atoms with Crippen molar-refractivity contribution >= 4 is 0 Å². The highest BCUT2D eigenvalue weighted by Crippen LogP contribution is 2.21. The molecule has 0 saturated carbocycles. The third-order valence-corrected chi connectivity index (χ3v) is 3.52. The van der Waals surface area contributed by atoms with Crippen LogP contribution in [0.25, 0.3) is 0 Å². The number of aliphatic hydroxyl groups is 3. The minimum atomic E-state index is -1.03. The van der Waals surface area contributed by atoms with Gasteiger partial charge in [-0.1, -0.05) is 39.0 Å². The molecule has 1 heterocycles. The SMILES string of the molecule is CCCCCCCCO[C@@H]1C[C@@H](O)[C@H](O)[C@@H](CO)O1. The first-order chi connectivity index (χ1) is 9.19. The highest BCUT2D eigenvalue weighted by atomic mass is 16.7. The van der Waals surface area contributed by atoms with Gasteiger partial charge >= 0.3 is 0 Å². The van der Waals surface area contributed by atoms with Crippen LogP contribution in [0.2, 0.25) is 0 Å². The molecule has 114 valence electrons. The van der Waals surface area contributed by atoms with Crippen LogP contribution in [-0.2, 0) is 9.47 Å². The molecule has 0 amide bonds. The third kappa shape index (κ3) is 6.19. The fourth-order valence-electron chi connectivity index (χ4n) is 2.27. The van der Waals surface area contributed by atoms with Gasteiger partial charge in [0.1, 0.15) is 12.2 Å². The molecule has 5 nitrogen and oxygen atoms in total. The van der Waals surface area contributed by atoms with Crippen LogP contribution in [0.1, 0.15) is 51.9 Å². The molecular weight excluding hydrogens is 248 g/mol. The number of hydrogen-bond donors (Lipinski definition) is 3. The van der Waals surface area contributed by atoms with E-state index >= 15 is 0 Å². The summed E-state index contributed by atoms with van der Waals surface area (Å²) in [5.41, 5.74) is 0. The maximum atomic E-state index is 9.63. The van der Waals surface area contributed by atoms with E-state index in [9.17, 15) is 10.2 Å². The zero-order chi connectivity index (χ0) is 14.1. The lowest BCUT2D eigenvalue weighted by Gasteiger charge is -2.36. The summed E-state index contributed by atoms with van der Waals surface area (Å²) >= 11 is 0. The van der Waals surface area contributed by atoms with Crippen molar-refractivity contribution in [2.24, 2.45) is 0 Å². The lowest BCUT2D eigenvalue weighted by molar-refractivity contribution is -0.256. The smallest absolute Gasteiger partial charge is 0.160 e. The predicted octanol–water partition coefficient (Wildman–Crippen LogP) is 1.19. The minimum absolute atomic E-state index is 0.257. The predicted molar refractivity (Wildman–Crippen MR) is 71.7 cm³/mol. The van der Waals surface area contributed by atoms with Gasteiger partial charge in [0.25, 0.3) is 0 Å². The Hall–Kier alpha value is -0.200. The van der Waals surface area contributed by atoms with Gasteiger partial charge in [-0.05, 0) is 6.42 Å². The van der Waals surface area contributed by atoms with E-state index in [0.29, 0.717) is 6.61 Å². The first kappa shape index (κ1) is 16.9. The molecule has 1 saturated heterocycles. The largest absolute Gasteiger partial charge is 0.394 e. The lowest BCUT2D eigenvalue weighted by Crippen LogP contribution is -2.50. The van der Waals surface area contributed by atoms with Crippen molar-refractivity contribution in [3.8, 4) is 0 Å². The molecule has 3 N–H and O–H groups in total. The van der Waals surface area contributed by atoms with Crippen LogP contribution in [0.15, 0.2) is 0 Å². The monoisotopic (exact) mass is 276 g/mol. The Balaban J connectivity index is 2.09. The lowest BCUT2D eigenvalue weighted by atomic mass is 10.0. The summed E-state index contributed by atoms with van der Waals surface area (Å²) in [5.74, 6) is 0. The van der Waals surface area contributed by atoms with Crippen molar-refractivity contribution in [1.29, 1.82) is 0 Å². The quantitative estimate of drug-likeness (QED) is 0.551. The van der Waals surface area contributed by atoms with Gasteiger partial charge in [0.05, 0.1) is 12.7 Å². The molecule has 19 heavy (non-hydrogen) atoms. The van der Waals surface area contributed by atoms with Gasteiger partial charge < -0.3 is 24.8 Å². The van der Waals surface area contributed by atoms with E-state index in [2.05, 4.69) is 6.92 Å². The van der Waals surface area contributed by atoms with Crippen LogP contribution >= 0.6 is 0 Å². The van der Waals surface area contributed by atoms with E-state index in [1.54, 1.807) is 0 Å². The third-order valence-electron chi connectivity index (χ3n) is 3.52. The maximum absolute atomic E-state index is 9.63. The van der Waals surface area contributed by atoms with Crippen molar-refractivity contribution in [3.05, 3.63) is 0 Å². The van der Waals surface area contributed by atoms with Crippen LogP contribution in [-0.4, -0.2) is 53.1 Å². The Morgan fingerprint density at radius 1 is 1.11 bits per heavy atom. The first-order valence-corrected chi connectivity index (χ1v) is 7.43. The summed E-state index contributed by atoms with van der Waals surface area (Å²) in [6, 6.07) is 0. The standard InChI is InChI=1S/C14H28O5/c1-2-3-4-5-6-7-8-18-13-9-11(16)14(17)12(10-15)19-13/h11-17H,2-10H2,1H3/t11-,12-,13+,14+/m1/s1. The van der Waals surface area contributed by atoms with Gasteiger partial charge in [0, 0.05) is 13.0 Å². The number of rotatable bonds is 9. The molecule has 0 aliphatic carbocycles. The molecule has 0 aromatic heterocycles. The second kappa shape index (κ2) is 9.66. The van der Waals surface area contributed by atoms with E-state index < -0.39 is 24.6 Å². The van der Waals surface area contributed by atoms with Gasteiger partial charge in [-0.2, -0.15) is 0 Å². The van der Waals surface area contributed by atoms with Gasteiger partial charge in [-0.15, -0.1) is 0 Å². The first-order valence-electron chi connectivity index (χ1n) is 7.43. The summed E-state index contributed by atoms with van der Waals surface area (Å²) in [5, 5.41) is 28.2. The molecule has 0 aromatic carbocycles. The molecular formula is C14H28O5. The summed E-state index contributed by atoms with van der Waals surface area (Å²) in [7, 11) is 0. The van der Waals surface area contributed by atoms with Crippen molar-refractivity contribution < 1.29 is 24.8 Å². The zero-order valence-corrected chi connectivity index (χ0v) is 11.8. The molecule has 0 aromatic rings. The Morgan fingerprint density at radius 2 is 1.79 bits per heavy atom. The Labute approximate surface area is 115 Å². The highest BCUT2D eigenvalue weighted by Gasteiger charge is 2.36. The van der Waals surface area contributed by atoms with Crippen LogP contribution in [0.3, 0.4) is 0 Å². The van der Waals surface area contributed by atoms with Crippen LogP contribution in [0.4, 0.5) is 0 Å². The Kier molecular flexibility index (Phi) is 8.57. The van der Waals surface area contributed by atoms with Crippen LogP contribution in [0.5, 0.6) is 0 Å². The van der Waals surface area contributed by atoms with Crippen LogP contribution in [0, 0.1) is 0 Å². The van der Waals surface area contributed by atoms with Gasteiger partial charge in [0.2, 0.25) is 0 Å². The summed E-state index contributed by atoms with van der Waals surface area (Å²) in [4.78, 5) is 0. The number of hydrogen-bond acceptors (Lipinski definition) is 5. The fourth-order valence-corrected chi connectivity index (χ4v) is 2.27. The van der Waals surface area contributed by atoms with E-state index in [0.717, 1.165) is 12.8 Å². The molecule has 5 heteroatoms. The van der Waals surface area contributed by atoms with E-state index in [4.69, 9.17) is 14.6 Å². The second-order valence-electron chi connectivity index (χ2n) is 5.22. The summed E-state index contributed by atoms with van der Waals surface area (Å²) in [6.45, 7) is 2.48. The van der Waals surface area contributed by atoms with Crippen molar-refractivity contribution in [1.82, 2.24) is 0 Å². The maximum Gasteiger partial charge on any atom is 0.160 e. The van der Waals surface area contributed by atoms with Gasteiger partial charge in [0.15, 0.2) is 6.29 Å². The number of unbranched alkanes of at least 4 members (excludes halogenated alkanes) is 5. The average Bonchev–Trinajstić information content (AvgIpc) is 2.41. The molecule has 0 unspecified atom stereocenters. The molecule has 0 radical (unpaired) electrons. The highest BCUT2D eigenvalue weighted by molar-refractivity contribution is 4.82. The van der Waals surface area contributed by atoms with Crippen molar-refractivity contribution in [2.75, 3.05) is 13.2 Å². The minimum Gasteiger partial charge on any atom is -0.394 e. The molecule has 0 bridgehead atoms. The van der Waals surface area contributed by atoms with E-state index in [1.807, 2.05) is 0 Å². The normalized spacial score (nSPS) is 31.6. The van der Waals surface area contributed by atoms with Crippen molar-refractivity contribution in [3.63, 3.8) is 0 Å². The summed E-state index contributed by atoms with van der Waals surface area (Å²) in [6.07, 6.45) is 4.21. The summed E-state index contributed by atoms with van der Waals surface area (Å²) < 4.78 is 10.9. The van der Waals surface area contributed by atoms with E-state index in [1.165, 1.54) is 25.7 Å². The zero-order valence-electron chi connectivity index (χ0n) is 11.8. The number of aliphatic hydroxyl groups excluding tert-OH is 3. The topological polar surface area (TPSA) is 79.2 Å². The Morgan fingerprint density at radius 3 is 2.47 bits per heavy atom. The number of ether oxygens (including phenoxy) is 2. The molecule has 1 rings (SSSR count). The van der Waals surface area contributed by atoms with E-state index in [-0.39, 0.29) is 13.0 Å². The molecule has 1 aliphatic rings. The average molecular weight is 276 g/mol. The van der Waals surface area contributed by atoms with Gasteiger partial charge in [-0.3, -0.25) is 0 Å². The fraction of sp³-hybridized carbons (Fsp3) is 1.00.